The molecule has 122 valence electrons. The van der Waals surface area contributed by atoms with Crippen molar-refractivity contribution in [2.75, 3.05) is 44.7 Å². The van der Waals surface area contributed by atoms with Crippen molar-refractivity contribution in [3.8, 4) is 0 Å². The molecule has 4 nitrogen and oxygen atoms in total. The van der Waals surface area contributed by atoms with Gasteiger partial charge in [0.15, 0.2) is 5.11 Å². The molecule has 0 amide bonds. The Bertz CT molecular complexity index is 444. The van der Waals surface area contributed by atoms with Crippen molar-refractivity contribution in [2.45, 2.75) is 26.2 Å². The topological polar surface area (TPSA) is 37.7 Å². The van der Waals surface area contributed by atoms with Crippen LogP contribution in [0.2, 0.25) is 0 Å². The van der Waals surface area contributed by atoms with E-state index >= 15 is 0 Å². The highest BCUT2D eigenvalue weighted by Crippen LogP contribution is 2.11. The molecule has 0 aromatic heterocycles. The molecule has 0 aliphatic carbocycles. The third-order valence-electron chi connectivity index (χ3n) is 3.99. The Hall–Kier alpha value is -1.17. The molecular formula is C17H28N3OS+. The fourth-order valence-corrected chi connectivity index (χ4v) is 2.79. The first-order chi connectivity index (χ1) is 10.8. The van der Waals surface area contributed by atoms with Gasteiger partial charge in [-0.15, -0.1) is 0 Å². The SMILES string of the molecule is CCCCc1ccc(NC(=S)NCC[NH+]2CCOCC2)cc1. The van der Waals surface area contributed by atoms with Crippen molar-refractivity contribution in [1.82, 2.24) is 5.32 Å². The van der Waals surface area contributed by atoms with E-state index in [9.17, 15) is 0 Å². The van der Waals surface area contributed by atoms with Gasteiger partial charge in [-0.3, -0.25) is 0 Å². The van der Waals surface area contributed by atoms with Crippen LogP contribution in [0.1, 0.15) is 25.3 Å². The summed E-state index contributed by atoms with van der Waals surface area (Å²) in [5.74, 6) is 0. The minimum atomic E-state index is 0.703. The molecule has 1 saturated heterocycles. The number of unbranched alkanes of at least 4 members (excludes halogenated alkanes) is 1. The maximum absolute atomic E-state index is 5.36. The van der Waals surface area contributed by atoms with Crippen molar-refractivity contribution in [2.24, 2.45) is 0 Å². The second kappa shape index (κ2) is 9.77. The summed E-state index contributed by atoms with van der Waals surface area (Å²) in [6, 6.07) is 8.56. The number of thiocarbonyl (C=S) groups is 1. The standard InChI is InChI=1S/C17H27N3OS/c1-2-3-4-15-5-7-16(8-6-15)19-17(22)18-9-10-20-11-13-21-14-12-20/h5-8H,2-4,9-14H2,1H3,(H2,18,19,22)/p+1. The van der Waals surface area contributed by atoms with E-state index in [0.29, 0.717) is 5.11 Å². The number of nitrogens with one attached hydrogen (secondary N) is 3. The van der Waals surface area contributed by atoms with Crippen LogP contribution in [0, 0.1) is 0 Å². The van der Waals surface area contributed by atoms with Gasteiger partial charge in [-0.05, 0) is 42.8 Å². The molecule has 1 aromatic carbocycles. The van der Waals surface area contributed by atoms with E-state index in [2.05, 4.69) is 41.8 Å². The van der Waals surface area contributed by atoms with E-state index in [1.807, 2.05) is 0 Å². The highest BCUT2D eigenvalue weighted by Gasteiger charge is 2.12. The first-order valence-corrected chi connectivity index (χ1v) is 8.74. The molecule has 0 radical (unpaired) electrons. The van der Waals surface area contributed by atoms with Gasteiger partial charge in [0.25, 0.3) is 0 Å². The summed E-state index contributed by atoms with van der Waals surface area (Å²) in [5, 5.41) is 7.24. The molecule has 1 aromatic rings. The van der Waals surface area contributed by atoms with Crippen LogP contribution in [0.25, 0.3) is 0 Å². The van der Waals surface area contributed by atoms with Crippen LogP contribution in [0.15, 0.2) is 24.3 Å². The maximum Gasteiger partial charge on any atom is 0.170 e. The Kier molecular flexibility index (Phi) is 7.63. The summed E-state index contributed by atoms with van der Waals surface area (Å²) in [7, 11) is 0. The minimum absolute atomic E-state index is 0.703. The van der Waals surface area contributed by atoms with Crippen LogP contribution in [0.3, 0.4) is 0 Å². The molecule has 22 heavy (non-hydrogen) atoms. The number of morpholine rings is 1. The first kappa shape index (κ1) is 17.2. The van der Waals surface area contributed by atoms with E-state index in [4.69, 9.17) is 17.0 Å². The Morgan fingerprint density at radius 1 is 1.23 bits per heavy atom. The van der Waals surface area contributed by atoms with E-state index in [1.54, 1.807) is 4.90 Å². The largest absolute Gasteiger partial charge is 0.370 e. The first-order valence-electron chi connectivity index (χ1n) is 8.33. The zero-order chi connectivity index (χ0) is 15.6. The van der Waals surface area contributed by atoms with Crippen molar-refractivity contribution in [3.63, 3.8) is 0 Å². The lowest BCUT2D eigenvalue weighted by atomic mass is 10.1. The van der Waals surface area contributed by atoms with E-state index in [-0.39, 0.29) is 0 Å². The van der Waals surface area contributed by atoms with Gasteiger partial charge in [-0.1, -0.05) is 25.5 Å². The van der Waals surface area contributed by atoms with Gasteiger partial charge in [-0.25, -0.2) is 0 Å². The number of quaternary nitrogens is 1. The number of ether oxygens (including phenoxy) is 1. The molecule has 1 fully saturated rings. The third kappa shape index (κ3) is 6.30. The molecule has 0 saturated carbocycles. The molecule has 5 heteroatoms. The van der Waals surface area contributed by atoms with Crippen LogP contribution in [0.4, 0.5) is 5.69 Å². The number of hydrogen-bond donors (Lipinski definition) is 3. The average Bonchev–Trinajstić information content (AvgIpc) is 2.55. The normalized spacial score (nSPS) is 15.5. The lowest BCUT2D eigenvalue weighted by molar-refractivity contribution is -0.906. The van der Waals surface area contributed by atoms with E-state index < -0.39 is 0 Å². The minimum Gasteiger partial charge on any atom is -0.370 e. The Balaban J connectivity index is 1.65. The molecule has 0 spiro atoms. The molecule has 1 heterocycles. The maximum atomic E-state index is 5.36. The van der Waals surface area contributed by atoms with Gasteiger partial charge >= 0.3 is 0 Å². The molecule has 0 unspecified atom stereocenters. The number of benzene rings is 1. The van der Waals surface area contributed by atoms with Crippen LogP contribution in [0.5, 0.6) is 0 Å². The molecule has 3 N–H and O–H groups in total. The van der Waals surface area contributed by atoms with E-state index in [0.717, 1.165) is 51.5 Å². The number of hydrogen-bond acceptors (Lipinski definition) is 2. The van der Waals surface area contributed by atoms with Gasteiger partial charge < -0.3 is 20.3 Å². The second-order valence-electron chi connectivity index (χ2n) is 5.79. The Labute approximate surface area is 139 Å². The fraction of sp³-hybridized carbons (Fsp3) is 0.588. The monoisotopic (exact) mass is 322 g/mol. The number of aryl methyl sites for hydroxylation is 1. The molecule has 2 rings (SSSR count). The molecular weight excluding hydrogens is 294 g/mol. The molecule has 0 atom stereocenters. The summed E-state index contributed by atoms with van der Waals surface area (Å²) in [6.45, 7) is 8.16. The predicted molar refractivity (Wildman–Crippen MR) is 95.7 cm³/mol. The smallest absolute Gasteiger partial charge is 0.170 e. The van der Waals surface area contributed by atoms with Crippen LogP contribution in [-0.4, -0.2) is 44.5 Å². The molecule has 0 bridgehead atoms. The highest BCUT2D eigenvalue weighted by atomic mass is 32.1. The van der Waals surface area contributed by atoms with Gasteiger partial charge in [0.1, 0.15) is 13.1 Å². The Morgan fingerprint density at radius 2 is 1.95 bits per heavy atom. The van der Waals surface area contributed by atoms with Crippen LogP contribution < -0.4 is 15.5 Å². The van der Waals surface area contributed by atoms with E-state index in [1.165, 1.54) is 18.4 Å². The third-order valence-corrected chi connectivity index (χ3v) is 4.24. The highest BCUT2D eigenvalue weighted by molar-refractivity contribution is 7.80. The fourth-order valence-electron chi connectivity index (χ4n) is 2.57. The molecule has 1 aliphatic heterocycles. The quantitative estimate of drug-likeness (QED) is 0.660. The van der Waals surface area contributed by atoms with Crippen LogP contribution in [-0.2, 0) is 11.2 Å². The predicted octanol–water partition coefficient (Wildman–Crippen LogP) is 1.23. The molecule has 1 aliphatic rings. The van der Waals surface area contributed by atoms with Crippen molar-refractivity contribution in [1.29, 1.82) is 0 Å². The lowest BCUT2D eigenvalue weighted by Gasteiger charge is -2.24. The van der Waals surface area contributed by atoms with Gasteiger partial charge in [-0.2, -0.15) is 0 Å². The average molecular weight is 322 g/mol. The summed E-state index contributed by atoms with van der Waals surface area (Å²) in [6.07, 6.45) is 3.64. The lowest BCUT2D eigenvalue weighted by Crippen LogP contribution is -3.14. The van der Waals surface area contributed by atoms with Crippen LogP contribution >= 0.6 is 12.2 Å². The Morgan fingerprint density at radius 3 is 2.64 bits per heavy atom. The summed E-state index contributed by atoms with van der Waals surface area (Å²) in [4.78, 5) is 1.59. The number of rotatable bonds is 7. The van der Waals surface area contributed by atoms with Gasteiger partial charge in [0.2, 0.25) is 0 Å². The zero-order valence-electron chi connectivity index (χ0n) is 13.5. The zero-order valence-corrected chi connectivity index (χ0v) is 14.3. The number of anilines is 1. The van der Waals surface area contributed by atoms with Gasteiger partial charge in [0.05, 0.1) is 26.3 Å². The summed E-state index contributed by atoms with van der Waals surface area (Å²) < 4.78 is 5.36. The summed E-state index contributed by atoms with van der Waals surface area (Å²) in [5.41, 5.74) is 2.44. The van der Waals surface area contributed by atoms with Crippen molar-refractivity contribution in [3.05, 3.63) is 29.8 Å². The van der Waals surface area contributed by atoms with Crippen molar-refractivity contribution >= 4 is 23.0 Å². The van der Waals surface area contributed by atoms with Gasteiger partial charge in [0, 0.05) is 5.69 Å². The second-order valence-corrected chi connectivity index (χ2v) is 6.20. The summed E-state index contributed by atoms with van der Waals surface area (Å²) >= 11 is 5.35. The van der Waals surface area contributed by atoms with Crippen molar-refractivity contribution < 1.29 is 9.64 Å².